The highest BCUT2D eigenvalue weighted by molar-refractivity contribution is 5.42. The molecule has 4 aliphatic rings. The molecule has 0 saturated carbocycles. The third-order valence-corrected chi connectivity index (χ3v) is 12.5. The van der Waals surface area contributed by atoms with Crippen LogP contribution in [-0.4, -0.2) is 88.6 Å². The van der Waals surface area contributed by atoms with Crippen LogP contribution in [0, 0.1) is 10.1 Å². The summed E-state index contributed by atoms with van der Waals surface area (Å²) in [5.74, 6) is 1.16. The monoisotopic (exact) mass is 932 g/mol. The average Bonchev–Trinajstić information content (AvgIpc) is 3.69. The lowest BCUT2D eigenvalue weighted by molar-refractivity contribution is -0.384. The fourth-order valence-electron chi connectivity index (χ4n) is 9.88. The topological polar surface area (TPSA) is 133 Å². The van der Waals surface area contributed by atoms with E-state index >= 15 is 0 Å². The number of anilines is 1. The fraction of sp³-hybridized carbons (Fsp3) is 0.510. The second-order valence-corrected chi connectivity index (χ2v) is 17.2. The quantitative estimate of drug-likeness (QED) is 0.0578. The van der Waals surface area contributed by atoms with Crippen molar-refractivity contribution >= 4 is 11.4 Å². The number of nitro groups is 1. The second kappa shape index (κ2) is 22.5. The molecule has 6 atom stereocenters. The number of piperidine rings is 2. The number of fused-ring (bicyclic) bond motifs is 4. The van der Waals surface area contributed by atoms with Crippen molar-refractivity contribution in [1.29, 1.82) is 0 Å². The number of rotatable bonds is 13. The van der Waals surface area contributed by atoms with Gasteiger partial charge < -0.3 is 29.8 Å². The van der Waals surface area contributed by atoms with E-state index in [4.69, 9.17) is 29.8 Å². The number of aliphatic hydroxyl groups excluding tert-OH is 1. The molecule has 4 heterocycles. The summed E-state index contributed by atoms with van der Waals surface area (Å²) in [6.45, 7) is 9.76. The Morgan fingerprint density at radius 1 is 0.621 bits per heavy atom. The van der Waals surface area contributed by atoms with E-state index in [1.807, 2.05) is 45.0 Å². The molecule has 8 rings (SSSR count). The molecular weight excluding hydrogens is 871 g/mol. The van der Waals surface area contributed by atoms with Gasteiger partial charge in [-0.05, 0) is 100 Å². The van der Waals surface area contributed by atoms with Gasteiger partial charge in [-0.15, -0.1) is 0 Å². The first kappa shape index (κ1) is 51.7. The van der Waals surface area contributed by atoms with E-state index in [0.717, 1.165) is 76.4 Å². The number of ether oxygens (including phenoxy) is 4. The lowest BCUT2D eigenvalue weighted by atomic mass is 9.87. The van der Waals surface area contributed by atoms with Gasteiger partial charge in [0.1, 0.15) is 47.4 Å². The van der Waals surface area contributed by atoms with Gasteiger partial charge in [0.2, 0.25) is 0 Å². The van der Waals surface area contributed by atoms with Crippen LogP contribution in [-0.2, 0) is 12.4 Å². The van der Waals surface area contributed by atoms with Gasteiger partial charge in [-0.1, -0.05) is 38.1 Å². The number of halogens is 6. The minimum atomic E-state index is -4.45. The van der Waals surface area contributed by atoms with E-state index in [-0.39, 0.29) is 48.1 Å². The first-order valence-electron chi connectivity index (χ1n) is 22.4. The maximum absolute atomic E-state index is 13.2. The largest absolute Gasteiger partial charge is 0.492 e. The molecule has 0 aromatic heterocycles. The highest BCUT2D eigenvalue weighted by Crippen LogP contribution is 2.45. The molecule has 0 amide bonds. The molecule has 17 heteroatoms. The summed E-state index contributed by atoms with van der Waals surface area (Å²) >= 11 is 0. The molecule has 362 valence electrons. The van der Waals surface area contributed by atoms with Gasteiger partial charge in [-0.3, -0.25) is 19.9 Å². The van der Waals surface area contributed by atoms with E-state index in [2.05, 4.69) is 16.7 Å². The van der Waals surface area contributed by atoms with E-state index < -0.39 is 34.0 Å². The fourth-order valence-corrected chi connectivity index (χ4v) is 9.88. The summed E-state index contributed by atoms with van der Waals surface area (Å²) in [4.78, 5) is 15.1. The number of non-ortho nitro benzene ring substituents is 1. The van der Waals surface area contributed by atoms with Crippen LogP contribution in [0.3, 0.4) is 0 Å². The van der Waals surface area contributed by atoms with Crippen LogP contribution in [0.25, 0.3) is 0 Å². The van der Waals surface area contributed by atoms with Crippen molar-refractivity contribution in [3.63, 3.8) is 0 Å². The highest BCUT2D eigenvalue weighted by atomic mass is 19.4. The Balaban J connectivity index is 0.000000231. The first-order chi connectivity index (χ1) is 31.4. The van der Waals surface area contributed by atoms with Gasteiger partial charge in [0.25, 0.3) is 5.69 Å². The number of nitrogen functional groups attached to an aromatic ring is 1. The number of hydrogen-bond donors (Lipinski definition) is 2. The summed E-state index contributed by atoms with van der Waals surface area (Å²) in [5, 5.41) is 17.8. The summed E-state index contributed by atoms with van der Waals surface area (Å²) in [5.41, 5.74) is 4.32. The molecule has 0 radical (unpaired) electrons. The van der Waals surface area contributed by atoms with Crippen LogP contribution >= 0.6 is 0 Å². The lowest BCUT2D eigenvalue weighted by Crippen LogP contribution is -2.53. The van der Waals surface area contributed by atoms with Gasteiger partial charge in [0.15, 0.2) is 0 Å². The Morgan fingerprint density at radius 2 is 0.955 bits per heavy atom. The number of hydrogen-bond acceptors (Lipinski definition) is 10. The van der Waals surface area contributed by atoms with E-state index in [9.17, 15) is 36.5 Å². The van der Waals surface area contributed by atoms with Gasteiger partial charge in [0.05, 0.1) is 16.1 Å². The average molecular weight is 933 g/mol. The molecule has 2 unspecified atom stereocenters. The minimum absolute atomic E-state index is 0.0180. The Bertz CT molecular complexity index is 2110. The lowest BCUT2D eigenvalue weighted by Gasteiger charge is -2.44. The molecule has 4 aromatic carbocycles. The van der Waals surface area contributed by atoms with Crippen molar-refractivity contribution in [1.82, 2.24) is 9.80 Å². The molecule has 0 aliphatic carbocycles. The van der Waals surface area contributed by atoms with Gasteiger partial charge >= 0.3 is 12.4 Å². The van der Waals surface area contributed by atoms with Crippen molar-refractivity contribution in [2.45, 2.75) is 127 Å². The van der Waals surface area contributed by atoms with Crippen molar-refractivity contribution in [3.05, 3.63) is 118 Å². The zero-order valence-electron chi connectivity index (χ0n) is 38.1. The number of benzene rings is 4. The Hall–Kier alpha value is -5.26. The summed E-state index contributed by atoms with van der Waals surface area (Å²) < 4.78 is 102. The predicted octanol–water partition coefficient (Wildman–Crippen LogP) is 11.2. The van der Waals surface area contributed by atoms with Crippen molar-refractivity contribution in [2.24, 2.45) is 0 Å². The highest BCUT2D eigenvalue weighted by Gasteiger charge is 2.49. The third kappa shape index (κ3) is 13.4. The standard InChI is InChI=1S/C23H25F3N2O4.C23H27F3N2O2.C2H6.CH4O/c1-22(32-19-10-8-16(9-11-19)28(29)30)14-17-6-7-18(15-22)27(17)12-13-31-21-5-3-2-4-20(21)23(24,25)26;1-22(30-19-10-6-16(27)7-11-19)14-17-8-9-18(15-22)28(17)12-13-29-21-5-3-2-4-20(21)23(24,25)26;2*1-2/h2-5,8-11,17-18H,6-7,12-15H2,1H3;2-7,10-11,17-18H,8-9,12-15,27H2,1H3;1-2H3;2H,1H3/t2*17-,18+,22?;;. The number of para-hydroxylation sites is 2. The van der Waals surface area contributed by atoms with Crippen LogP contribution in [0.2, 0.25) is 0 Å². The zero-order valence-corrected chi connectivity index (χ0v) is 38.1. The van der Waals surface area contributed by atoms with Gasteiger partial charge in [-0.2, -0.15) is 26.3 Å². The SMILES string of the molecule is CC.CC1(Oc2ccc(N)cc2)C[C@H]2CC[C@@H](C1)N2CCOc1ccccc1C(F)(F)F.CC1(Oc2ccc([N+](=O)[O-])cc2)C[C@H]2CC[C@@H](C1)N2CCOc1ccccc1C(F)(F)F.CO. The molecule has 4 bridgehead atoms. The minimum Gasteiger partial charge on any atom is -0.492 e. The van der Waals surface area contributed by atoms with E-state index in [1.165, 1.54) is 42.5 Å². The molecule has 4 fully saturated rings. The Morgan fingerprint density at radius 3 is 1.29 bits per heavy atom. The van der Waals surface area contributed by atoms with E-state index in [0.29, 0.717) is 36.6 Å². The number of nitro benzene ring substituents is 1. The molecule has 11 nitrogen and oxygen atoms in total. The first-order valence-corrected chi connectivity index (χ1v) is 22.4. The molecule has 3 N–H and O–H groups in total. The molecule has 4 saturated heterocycles. The maximum Gasteiger partial charge on any atom is 0.419 e. The summed E-state index contributed by atoms with van der Waals surface area (Å²) in [7, 11) is 1.00. The van der Waals surface area contributed by atoms with Crippen molar-refractivity contribution in [2.75, 3.05) is 39.1 Å². The van der Waals surface area contributed by atoms with Crippen LogP contribution in [0.5, 0.6) is 23.0 Å². The molecule has 4 aliphatic heterocycles. The maximum atomic E-state index is 13.2. The van der Waals surface area contributed by atoms with Crippen LogP contribution in [0.15, 0.2) is 97.1 Å². The Kier molecular flexibility index (Phi) is 17.6. The second-order valence-electron chi connectivity index (χ2n) is 17.2. The van der Waals surface area contributed by atoms with Crippen molar-refractivity contribution < 1.29 is 55.3 Å². The third-order valence-electron chi connectivity index (χ3n) is 12.5. The number of alkyl halides is 6. The van der Waals surface area contributed by atoms with Gasteiger partial charge in [0, 0.05) is 87.9 Å². The van der Waals surface area contributed by atoms with E-state index in [1.54, 1.807) is 18.2 Å². The predicted molar refractivity (Wildman–Crippen MR) is 241 cm³/mol. The summed E-state index contributed by atoms with van der Waals surface area (Å²) in [6, 6.07) is 25.4. The summed E-state index contributed by atoms with van der Waals surface area (Å²) in [6.07, 6.45) is -1.39. The van der Waals surface area contributed by atoms with Gasteiger partial charge in [-0.25, -0.2) is 0 Å². The smallest absolute Gasteiger partial charge is 0.419 e. The molecule has 4 aromatic rings. The number of aliphatic hydroxyl groups is 1. The normalized spacial score (nSPS) is 24.6. The van der Waals surface area contributed by atoms with Crippen LogP contribution in [0.4, 0.5) is 37.7 Å². The molecule has 66 heavy (non-hydrogen) atoms. The van der Waals surface area contributed by atoms with Crippen LogP contribution < -0.4 is 24.7 Å². The number of nitrogens with two attached hydrogens (primary N) is 1. The van der Waals surface area contributed by atoms with Crippen LogP contribution in [0.1, 0.15) is 90.2 Å². The van der Waals surface area contributed by atoms with Crippen molar-refractivity contribution in [3.8, 4) is 23.0 Å². The molecular formula is C49H62F6N4O7. The Labute approximate surface area is 382 Å². The number of nitrogens with zero attached hydrogens (tertiary/aromatic N) is 3. The molecule has 0 spiro atoms. The zero-order chi connectivity index (χ0) is 48.3.